The molecule has 3 saturated heterocycles. The fraction of sp³-hybridized carbons (Fsp3) is 0.974. The maximum atomic E-state index is 14.2. The molecule has 3 rings (SSSR count). The average Bonchev–Trinajstić information content (AvgIpc) is 3.06. The van der Waals surface area contributed by atoms with Gasteiger partial charge in [0.05, 0.1) is 53.7 Å². The molecule has 0 aliphatic carbocycles. The fourth-order valence-corrected chi connectivity index (χ4v) is 8.68. The molecule has 0 bridgehead atoms. The van der Waals surface area contributed by atoms with Crippen molar-refractivity contribution < 1.29 is 53.6 Å². The molecule has 306 valence electrons. The van der Waals surface area contributed by atoms with Gasteiger partial charge in [-0.25, -0.2) is 0 Å². The van der Waals surface area contributed by atoms with Crippen LogP contribution in [0.1, 0.15) is 94.9 Å². The van der Waals surface area contributed by atoms with Crippen LogP contribution >= 0.6 is 0 Å². The Morgan fingerprint density at radius 1 is 1.00 bits per heavy atom. The molecule has 0 amide bonds. The molecule has 0 aromatic heterocycles. The zero-order valence-corrected chi connectivity index (χ0v) is 34.3. The molecular formula is C38H73N3O11. The lowest BCUT2D eigenvalue weighted by Gasteiger charge is -2.49. The topological polar surface area (TPSA) is 186 Å². The third kappa shape index (κ3) is 10.0. The van der Waals surface area contributed by atoms with Crippen LogP contribution in [0.15, 0.2) is 0 Å². The number of aliphatic hydroxyl groups is 4. The summed E-state index contributed by atoms with van der Waals surface area (Å²) in [4.78, 5) is 18.2. The lowest BCUT2D eigenvalue weighted by Crippen LogP contribution is -2.62. The van der Waals surface area contributed by atoms with Crippen LogP contribution in [0.2, 0.25) is 0 Å². The minimum Gasteiger partial charge on any atom is -0.459 e. The summed E-state index contributed by atoms with van der Waals surface area (Å²) >= 11 is 0. The number of esters is 1. The molecule has 3 aliphatic rings. The van der Waals surface area contributed by atoms with E-state index in [1.54, 1.807) is 27.9 Å². The molecule has 18 atom stereocenters. The molecule has 3 heterocycles. The minimum absolute atomic E-state index is 0.212. The van der Waals surface area contributed by atoms with Crippen molar-refractivity contribution >= 4 is 5.97 Å². The van der Waals surface area contributed by atoms with E-state index < -0.39 is 95.8 Å². The van der Waals surface area contributed by atoms with Crippen LogP contribution < -0.4 is 5.73 Å². The number of hydrogen-bond donors (Lipinski definition) is 5. The lowest BCUT2D eigenvalue weighted by molar-refractivity contribution is -0.311. The maximum absolute atomic E-state index is 14.2. The standard InChI is InChI=1S/C38H73N3O11/c1-15-27-38(10,46)32(43)20(2)19-41(13)21(3)17-36(8,45)33(52-35-29(42)26(40(11)12)16-22(4)48-35)23(5)30(24(6)34(44)50-27)51-28-18-37(9,47-14)31(39)25(7)49-28/h20-33,35,42-43,45-46H,15-19,39H2,1-14H3/t20-,21+,22+,23-,24+,25-,26?,27+,28?,29?,30?,31?,32?,33?,35?,36?,37?,38?/m0/s1. The van der Waals surface area contributed by atoms with Crippen LogP contribution in [0.4, 0.5) is 0 Å². The molecular weight excluding hydrogens is 674 g/mol. The highest BCUT2D eigenvalue weighted by molar-refractivity contribution is 5.73. The summed E-state index contributed by atoms with van der Waals surface area (Å²) < 4.78 is 37.9. The molecule has 11 unspecified atom stereocenters. The highest BCUT2D eigenvalue weighted by Crippen LogP contribution is 2.39. The number of nitrogens with two attached hydrogens (primary N) is 1. The van der Waals surface area contributed by atoms with Crippen LogP contribution in [0.3, 0.4) is 0 Å². The van der Waals surface area contributed by atoms with Crippen molar-refractivity contribution in [1.29, 1.82) is 0 Å². The first-order valence-electron chi connectivity index (χ1n) is 19.2. The summed E-state index contributed by atoms with van der Waals surface area (Å²) in [6, 6.07) is -0.938. The third-order valence-electron chi connectivity index (χ3n) is 12.4. The molecule has 0 spiro atoms. The number of rotatable bonds is 7. The number of cyclic esters (lactones) is 1. The molecule has 3 aliphatic heterocycles. The maximum Gasteiger partial charge on any atom is 0.311 e. The second kappa shape index (κ2) is 17.8. The van der Waals surface area contributed by atoms with Gasteiger partial charge >= 0.3 is 5.97 Å². The number of nitrogens with zero attached hydrogens (tertiary/aromatic N) is 2. The van der Waals surface area contributed by atoms with Crippen molar-refractivity contribution in [3.63, 3.8) is 0 Å². The SMILES string of the molecule is CC[C@H]1OC(=O)[C@H](C)C(OC2CC(C)(OC)C(N)[C@H](C)O2)[C@H](C)C(OC2O[C@H](C)CC(N(C)C)C2O)C(C)(O)C[C@@H](C)N(C)C[C@H](C)C(O)C1(C)O. The van der Waals surface area contributed by atoms with Gasteiger partial charge in [-0.2, -0.15) is 0 Å². The van der Waals surface area contributed by atoms with Gasteiger partial charge in [0.2, 0.25) is 0 Å². The average molecular weight is 748 g/mol. The molecule has 0 aromatic rings. The van der Waals surface area contributed by atoms with Crippen LogP contribution in [0.5, 0.6) is 0 Å². The Labute approximate surface area is 312 Å². The van der Waals surface area contributed by atoms with Gasteiger partial charge in [0.15, 0.2) is 12.6 Å². The van der Waals surface area contributed by atoms with Crippen molar-refractivity contribution in [2.45, 2.75) is 185 Å². The van der Waals surface area contributed by atoms with Gasteiger partial charge in [0.1, 0.15) is 17.8 Å². The first-order chi connectivity index (χ1) is 23.9. The number of likely N-dealkylation sites (N-methyl/N-ethyl adjacent to an activating group) is 1. The van der Waals surface area contributed by atoms with Gasteiger partial charge in [0, 0.05) is 38.1 Å². The Balaban J connectivity index is 2.18. The van der Waals surface area contributed by atoms with E-state index in [0.717, 1.165) is 0 Å². The quantitative estimate of drug-likeness (QED) is 0.238. The number of carbonyl (C=O) groups is 1. The number of carbonyl (C=O) groups excluding carboxylic acids is 1. The first-order valence-corrected chi connectivity index (χ1v) is 19.2. The van der Waals surface area contributed by atoms with E-state index in [0.29, 0.717) is 13.0 Å². The Morgan fingerprint density at radius 3 is 2.17 bits per heavy atom. The molecule has 14 nitrogen and oxygen atoms in total. The van der Waals surface area contributed by atoms with Gasteiger partial charge in [-0.3, -0.25) is 4.79 Å². The van der Waals surface area contributed by atoms with Crippen molar-refractivity contribution in [2.75, 3.05) is 34.8 Å². The molecule has 0 radical (unpaired) electrons. The monoisotopic (exact) mass is 748 g/mol. The first kappa shape index (κ1) is 45.4. The molecule has 0 aromatic carbocycles. The summed E-state index contributed by atoms with van der Waals surface area (Å²) in [5.41, 5.74) is 2.37. The number of hydrogen-bond acceptors (Lipinski definition) is 14. The van der Waals surface area contributed by atoms with Gasteiger partial charge in [-0.15, -0.1) is 0 Å². The third-order valence-corrected chi connectivity index (χ3v) is 12.4. The Morgan fingerprint density at radius 2 is 1.62 bits per heavy atom. The van der Waals surface area contributed by atoms with E-state index in [1.165, 1.54) is 6.92 Å². The summed E-state index contributed by atoms with van der Waals surface area (Å²) in [6.45, 7) is 18.3. The van der Waals surface area contributed by atoms with Crippen molar-refractivity contribution in [3.8, 4) is 0 Å². The number of aliphatic hydroxyl groups excluding tert-OH is 2. The van der Waals surface area contributed by atoms with Gasteiger partial charge in [-0.05, 0) is 94.8 Å². The lowest BCUT2D eigenvalue weighted by atomic mass is 9.78. The number of ether oxygens (including phenoxy) is 6. The highest BCUT2D eigenvalue weighted by Gasteiger charge is 2.52. The van der Waals surface area contributed by atoms with E-state index in [-0.39, 0.29) is 37.5 Å². The molecule has 14 heteroatoms. The van der Waals surface area contributed by atoms with Crippen LogP contribution in [0.25, 0.3) is 0 Å². The van der Waals surface area contributed by atoms with Gasteiger partial charge < -0.3 is 64.4 Å². The van der Waals surface area contributed by atoms with E-state index in [2.05, 4.69) is 0 Å². The minimum atomic E-state index is -1.76. The summed E-state index contributed by atoms with van der Waals surface area (Å²) in [6.07, 6.45) is -6.65. The molecule has 6 N–H and O–H groups in total. The predicted octanol–water partition coefficient (Wildman–Crippen LogP) is 1.87. The van der Waals surface area contributed by atoms with Crippen molar-refractivity contribution in [1.82, 2.24) is 9.80 Å². The van der Waals surface area contributed by atoms with E-state index in [4.69, 9.17) is 34.2 Å². The highest BCUT2D eigenvalue weighted by atomic mass is 16.7. The molecule has 3 fully saturated rings. The van der Waals surface area contributed by atoms with E-state index in [9.17, 15) is 25.2 Å². The largest absolute Gasteiger partial charge is 0.459 e. The Kier molecular flexibility index (Phi) is 15.6. The smallest absolute Gasteiger partial charge is 0.311 e. The van der Waals surface area contributed by atoms with Crippen LogP contribution in [0, 0.1) is 17.8 Å². The van der Waals surface area contributed by atoms with Crippen LogP contribution in [-0.2, 0) is 33.2 Å². The van der Waals surface area contributed by atoms with Crippen molar-refractivity contribution in [2.24, 2.45) is 23.5 Å². The zero-order chi connectivity index (χ0) is 39.7. The van der Waals surface area contributed by atoms with E-state index >= 15 is 0 Å². The molecule has 52 heavy (non-hydrogen) atoms. The summed E-state index contributed by atoms with van der Waals surface area (Å²) in [7, 11) is 7.27. The number of methoxy groups -OCH3 is 1. The molecule has 0 saturated carbocycles. The summed E-state index contributed by atoms with van der Waals surface area (Å²) in [5.74, 6) is -2.78. The second-order valence-electron chi connectivity index (χ2n) is 17.2. The normalized spacial score (nSPS) is 49.6. The van der Waals surface area contributed by atoms with E-state index in [1.807, 2.05) is 72.5 Å². The Hall–Kier alpha value is -1.01. The zero-order valence-electron chi connectivity index (χ0n) is 34.3. The Bertz CT molecular complexity index is 1150. The van der Waals surface area contributed by atoms with Crippen molar-refractivity contribution in [3.05, 3.63) is 0 Å². The summed E-state index contributed by atoms with van der Waals surface area (Å²) in [5, 5.41) is 47.2. The van der Waals surface area contributed by atoms with Crippen LogP contribution in [-0.4, -0.2) is 161 Å². The second-order valence-corrected chi connectivity index (χ2v) is 17.2. The van der Waals surface area contributed by atoms with Gasteiger partial charge in [0.25, 0.3) is 0 Å². The van der Waals surface area contributed by atoms with Gasteiger partial charge in [-0.1, -0.05) is 20.8 Å². The predicted molar refractivity (Wildman–Crippen MR) is 196 cm³/mol. The fourth-order valence-electron chi connectivity index (χ4n) is 8.68.